The van der Waals surface area contributed by atoms with Gasteiger partial charge in [-0.25, -0.2) is 13.1 Å². The molecule has 0 aliphatic carbocycles. The Hall–Kier alpha value is -1.70. The molecule has 0 fully saturated rings. The molecular weight excluding hydrogens is 322 g/mol. The summed E-state index contributed by atoms with van der Waals surface area (Å²) in [7, 11) is -2.28. The van der Waals surface area contributed by atoms with Gasteiger partial charge in [-0.3, -0.25) is 4.79 Å². The summed E-state index contributed by atoms with van der Waals surface area (Å²) in [6, 6.07) is 11.9. The highest BCUT2D eigenvalue weighted by molar-refractivity contribution is 7.88. The summed E-state index contributed by atoms with van der Waals surface area (Å²) < 4.78 is 31.9. The third-order valence-electron chi connectivity index (χ3n) is 3.01. The fourth-order valence-corrected chi connectivity index (χ4v) is 4.20. The Morgan fingerprint density at radius 2 is 1.95 bits per heavy atom. The summed E-state index contributed by atoms with van der Waals surface area (Å²) in [5.74, 6) is -0.586. The van der Waals surface area contributed by atoms with Gasteiger partial charge in [-0.15, -0.1) is 11.3 Å². The van der Waals surface area contributed by atoms with Crippen LogP contribution in [0.3, 0.4) is 0 Å². The number of benzene rings is 1. The van der Waals surface area contributed by atoms with E-state index in [-0.39, 0.29) is 12.2 Å². The summed E-state index contributed by atoms with van der Waals surface area (Å²) in [6.07, 6.45) is -0.0367. The van der Waals surface area contributed by atoms with E-state index in [9.17, 15) is 13.2 Å². The van der Waals surface area contributed by atoms with Crippen molar-refractivity contribution < 1.29 is 17.9 Å². The number of esters is 1. The highest BCUT2D eigenvalue weighted by Crippen LogP contribution is 2.24. The standard InChI is InChI=1S/C15H17NO4S2/c1-20-15(17)10-13(14-8-5-9-21-14)16-22(18,19)11-12-6-3-2-4-7-12/h2-9,13,16H,10-11H2,1H3. The SMILES string of the molecule is COC(=O)CC(NS(=O)(=O)Cc1ccccc1)c1cccs1. The number of hydrogen-bond donors (Lipinski definition) is 1. The molecule has 118 valence electrons. The van der Waals surface area contributed by atoms with Gasteiger partial charge in [-0.1, -0.05) is 36.4 Å². The molecule has 2 rings (SSSR count). The molecule has 1 heterocycles. The fraction of sp³-hybridized carbons (Fsp3) is 0.267. The van der Waals surface area contributed by atoms with Crippen LogP contribution in [0.1, 0.15) is 22.9 Å². The second-order valence-corrected chi connectivity index (χ2v) is 7.44. The van der Waals surface area contributed by atoms with Crippen molar-refractivity contribution in [1.82, 2.24) is 4.72 Å². The third-order valence-corrected chi connectivity index (χ3v) is 5.35. The van der Waals surface area contributed by atoms with Crippen LogP contribution < -0.4 is 4.72 Å². The molecule has 0 saturated carbocycles. The van der Waals surface area contributed by atoms with Crippen LogP contribution in [0, 0.1) is 0 Å². The van der Waals surface area contributed by atoms with E-state index >= 15 is 0 Å². The molecule has 1 aromatic heterocycles. The van der Waals surface area contributed by atoms with Gasteiger partial charge in [-0.2, -0.15) is 0 Å². The van der Waals surface area contributed by atoms with Gasteiger partial charge >= 0.3 is 5.97 Å². The normalized spacial score (nSPS) is 12.8. The molecule has 5 nitrogen and oxygen atoms in total. The molecule has 0 saturated heterocycles. The maximum absolute atomic E-state index is 12.3. The highest BCUT2D eigenvalue weighted by atomic mass is 32.2. The van der Waals surface area contributed by atoms with Crippen molar-refractivity contribution in [1.29, 1.82) is 0 Å². The summed E-state index contributed by atoms with van der Waals surface area (Å²) >= 11 is 1.40. The molecule has 0 bridgehead atoms. The molecule has 1 aromatic carbocycles. The van der Waals surface area contributed by atoms with Crippen LogP contribution >= 0.6 is 11.3 Å². The van der Waals surface area contributed by atoms with Crippen LogP contribution in [0.2, 0.25) is 0 Å². The first-order valence-electron chi connectivity index (χ1n) is 6.64. The molecule has 0 radical (unpaired) electrons. The van der Waals surface area contributed by atoms with Crippen molar-refractivity contribution in [3.8, 4) is 0 Å². The Morgan fingerprint density at radius 3 is 2.55 bits per heavy atom. The van der Waals surface area contributed by atoms with Crippen LogP contribution in [-0.2, 0) is 25.3 Å². The fourth-order valence-electron chi connectivity index (χ4n) is 1.99. The molecule has 22 heavy (non-hydrogen) atoms. The Balaban J connectivity index is 2.13. The first-order chi connectivity index (χ1) is 10.5. The number of ether oxygens (including phenoxy) is 1. The van der Waals surface area contributed by atoms with Gasteiger partial charge in [0.15, 0.2) is 0 Å². The minimum atomic E-state index is -3.56. The number of methoxy groups -OCH3 is 1. The number of rotatable bonds is 7. The van der Waals surface area contributed by atoms with E-state index in [2.05, 4.69) is 9.46 Å². The van der Waals surface area contributed by atoms with Crippen LogP contribution in [0.15, 0.2) is 47.8 Å². The van der Waals surface area contributed by atoms with E-state index in [0.717, 1.165) is 4.88 Å². The minimum Gasteiger partial charge on any atom is -0.469 e. The van der Waals surface area contributed by atoms with Crippen molar-refractivity contribution in [3.05, 3.63) is 58.3 Å². The average Bonchev–Trinajstić information content (AvgIpc) is 3.01. The zero-order valence-corrected chi connectivity index (χ0v) is 13.7. The molecule has 1 N–H and O–H groups in total. The smallest absolute Gasteiger partial charge is 0.307 e. The second-order valence-electron chi connectivity index (χ2n) is 4.71. The average molecular weight is 339 g/mol. The Morgan fingerprint density at radius 1 is 1.23 bits per heavy atom. The molecule has 0 amide bonds. The maximum Gasteiger partial charge on any atom is 0.307 e. The van der Waals surface area contributed by atoms with Gasteiger partial charge in [0, 0.05) is 4.88 Å². The number of sulfonamides is 1. The largest absolute Gasteiger partial charge is 0.469 e. The molecule has 0 aliphatic heterocycles. The summed E-state index contributed by atoms with van der Waals surface area (Å²) in [6.45, 7) is 0. The van der Waals surface area contributed by atoms with E-state index in [0.29, 0.717) is 5.56 Å². The van der Waals surface area contributed by atoms with E-state index in [1.54, 1.807) is 30.3 Å². The topological polar surface area (TPSA) is 72.5 Å². The van der Waals surface area contributed by atoms with Crippen LogP contribution in [0.25, 0.3) is 0 Å². The number of thiophene rings is 1. The highest BCUT2D eigenvalue weighted by Gasteiger charge is 2.23. The summed E-state index contributed by atoms with van der Waals surface area (Å²) in [5.41, 5.74) is 0.693. The molecule has 2 aromatic rings. The third kappa shape index (κ3) is 4.94. The summed E-state index contributed by atoms with van der Waals surface area (Å²) in [4.78, 5) is 12.3. The molecular formula is C15H17NO4S2. The van der Waals surface area contributed by atoms with Gasteiger partial charge < -0.3 is 4.74 Å². The number of nitrogens with one attached hydrogen (secondary N) is 1. The Bertz CT molecular complexity index is 696. The number of hydrogen-bond acceptors (Lipinski definition) is 5. The second kappa shape index (κ2) is 7.53. The molecule has 1 atom stereocenters. The van der Waals surface area contributed by atoms with E-state index in [4.69, 9.17) is 0 Å². The van der Waals surface area contributed by atoms with E-state index in [1.807, 2.05) is 17.5 Å². The van der Waals surface area contributed by atoms with Crippen molar-refractivity contribution in [3.63, 3.8) is 0 Å². The molecule has 0 spiro atoms. The van der Waals surface area contributed by atoms with Gasteiger partial charge in [0.05, 0.1) is 25.3 Å². The lowest BCUT2D eigenvalue weighted by molar-refractivity contribution is -0.141. The number of carbonyl (C=O) groups excluding carboxylic acids is 1. The quantitative estimate of drug-likeness (QED) is 0.787. The van der Waals surface area contributed by atoms with Crippen LogP contribution in [-0.4, -0.2) is 21.5 Å². The predicted molar refractivity (Wildman–Crippen MR) is 85.9 cm³/mol. The number of carbonyl (C=O) groups is 1. The van der Waals surface area contributed by atoms with E-state index in [1.165, 1.54) is 18.4 Å². The van der Waals surface area contributed by atoms with Crippen molar-refractivity contribution in [2.45, 2.75) is 18.2 Å². The first-order valence-corrected chi connectivity index (χ1v) is 9.17. The van der Waals surface area contributed by atoms with Crippen LogP contribution in [0.4, 0.5) is 0 Å². The first kappa shape index (κ1) is 16.7. The molecule has 7 heteroatoms. The zero-order valence-electron chi connectivity index (χ0n) is 12.1. The van der Waals surface area contributed by atoms with Crippen molar-refractivity contribution in [2.75, 3.05) is 7.11 Å². The minimum absolute atomic E-state index is 0.0367. The van der Waals surface area contributed by atoms with Gasteiger partial charge in [0.2, 0.25) is 10.0 Å². The maximum atomic E-state index is 12.3. The zero-order chi connectivity index (χ0) is 16.0. The summed E-state index contributed by atoms with van der Waals surface area (Å²) in [5, 5.41) is 1.84. The lowest BCUT2D eigenvalue weighted by Crippen LogP contribution is -2.31. The monoisotopic (exact) mass is 339 g/mol. The Kier molecular flexibility index (Phi) is 5.70. The van der Waals surface area contributed by atoms with Gasteiger partial charge in [0.1, 0.15) is 0 Å². The lowest BCUT2D eigenvalue weighted by Gasteiger charge is -2.16. The van der Waals surface area contributed by atoms with Crippen LogP contribution in [0.5, 0.6) is 0 Å². The lowest BCUT2D eigenvalue weighted by atomic mass is 10.2. The molecule has 1 unspecified atom stereocenters. The predicted octanol–water partition coefficient (Wildman–Crippen LogP) is 2.47. The van der Waals surface area contributed by atoms with Crippen molar-refractivity contribution >= 4 is 27.3 Å². The van der Waals surface area contributed by atoms with Gasteiger partial charge in [-0.05, 0) is 17.0 Å². The van der Waals surface area contributed by atoms with Crippen molar-refractivity contribution in [2.24, 2.45) is 0 Å². The molecule has 0 aliphatic rings. The van der Waals surface area contributed by atoms with E-state index < -0.39 is 22.0 Å². The van der Waals surface area contributed by atoms with Gasteiger partial charge in [0.25, 0.3) is 0 Å². The Labute approximate surface area is 134 Å².